The van der Waals surface area contributed by atoms with Gasteiger partial charge in [-0.3, -0.25) is 4.79 Å². The second kappa shape index (κ2) is 2.82. The summed E-state index contributed by atoms with van der Waals surface area (Å²) in [4.78, 5) is 17.8. The first-order valence-electron chi connectivity index (χ1n) is 5.02. The zero-order valence-corrected chi connectivity index (χ0v) is 8.58. The average Bonchev–Trinajstić information content (AvgIpc) is 2.67. The smallest absolute Gasteiger partial charge is 0.320 e. The summed E-state index contributed by atoms with van der Waals surface area (Å²) < 4.78 is 26.6. The molecule has 0 saturated heterocycles. The molecule has 0 spiro atoms. The molecule has 4 nitrogen and oxygen atoms in total. The Morgan fingerprint density at radius 1 is 1.47 bits per heavy atom. The molecule has 1 heterocycles. The maximum absolute atomic E-state index is 13.3. The van der Waals surface area contributed by atoms with Gasteiger partial charge < -0.3 is 10.1 Å². The van der Waals surface area contributed by atoms with E-state index in [1.54, 1.807) is 6.07 Å². The standard InChI is InChI=1S/C11H8F2N2O2/c12-11(13)4-10(11,9(16)17)6-1-2-7-8(3-6)15-5-14-7/h1-3,5H,4H2,(H,14,15)(H,16,17). The number of carboxylic acids is 1. The van der Waals surface area contributed by atoms with Crippen LogP contribution in [0.1, 0.15) is 12.0 Å². The van der Waals surface area contributed by atoms with Crippen molar-refractivity contribution in [2.75, 3.05) is 0 Å². The number of aromatic amines is 1. The molecule has 88 valence electrons. The van der Waals surface area contributed by atoms with Crippen LogP contribution in [0.2, 0.25) is 0 Å². The molecule has 1 aliphatic rings. The minimum Gasteiger partial charge on any atom is -0.480 e. The third kappa shape index (κ3) is 1.15. The highest BCUT2D eigenvalue weighted by molar-refractivity contribution is 5.89. The maximum Gasteiger partial charge on any atom is 0.320 e. The zero-order chi connectivity index (χ0) is 12.3. The van der Waals surface area contributed by atoms with Crippen LogP contribution < -0.4 is 0 Å². The molecule has 1 unspecified atom stereocenters. The summed E-state index contributed by atoms with van der Waals surface area (Å²) in [7, 11) is 0. The Morgan fingerprint density at radius 3 is 2.76 bits per heavy atom. The lowest BCUT2D eigenvalue weighted by Crippen LogP contribution is -2.27. The van der Waals surface area contributed by atoms with Crippen molar-refractivity contribution in [2.24, 2.45) is 0 Å². The minimum absolute atomic E-state index is 0.117. The van der Waals surface area contributed by atoms with Crippen molar-refractivity contribution in [3.8, 4) is 0 Å². The summed E-state index contributed by atoms with van der Waals surface area (Å²) >= 11 is 0. The number of aromatic nitrogens is 2. The highest BCUT2D eigenvalue weighted by Crippen LogP contribution is 2.61. The number of halogens is 2. The van der Waals surface area contributed by atoms with Crippen molar-refractivity contribution >= 4 is 17.0 Å². The first-order valence-corrected chi connectivity index (χ1v) is 5.02. The van der Waals surface area contributed by atoms with Gasteiger partial charge in [0.2, 0.25) is 0 Å². The first kappa shape index (κ1) is 10.2. The Balaban J connectivity index is 2.17. The number of nitrogens with one attached hydrogen (secondary N) is 1. The van der Waals surface area contributed by atoms with Gasteiger partial charge >= 0.3 is 5.97 Å². The number of hydrogen-bond donors (Lipinski definition) is 2. The fourth-order valence-electron chi connectivity index (χ4n) is 2.16. The number of hydrogen-bond acceptors (Lipinski definition) is 2. The molecule has 0 amide bonds. The molecule has 1 saturated carbocycles. The second-order valence-electron chi connectivity index (χ2n) is 4.23. The number of carboxylic acid groups (broad SMARTS) is 1. The molecule has 1 aromatic carbocycles. The van der Waals surface area contributed by atoms with Crippen LogP contribution in [0.3, 0.4) is 0 Å². The summed E-state index contributed by atoms with van der Waals surface area (Å²) in [6.45, 7) is 0. The molecule has 2 N–H and O–H groups in total. The fraction of sp³-hybridized carbons (Fsp3) is 0.273. The Kier molecular flexibility index (Phi) is 1.69. The average molecular weight is 238 g/mol. The van der Waals surface area contributed by atoms with Gasteiger partial charge in [0.1, 0.15) is 0 Å². The molecule has 0 radical (unpaired) electrons. The summed E-state index contributed by atoms with van der Waals surface area (Å²) in [6.07, 6.45) is 0.794. The molecule has 0 aliphatic heterocycles. The molecule has 0 bridgehead atoms. The Morgan fingerprint density at radius 2 is 2.18 bits per heavy atom. The lowest BCUT2D eigenvalue weighted by Gasteiger charge is -2.11. The third-order valence-electron chi connectivity index (χ3n) is 3.26. The number of nitrogens with zero attached hydrogens (tertiary/aromatic N) is 1. The first-order chi connectivity index (χ1) is 7.97. The monoisotopic (exact) mass is 238 g/mol. The molecule has 1 fully saturated rings. The molecule has 1 aromatic heterocycles. The van der Waals surface area contributed by atoms with E-state index in [1.807, 2.05) is 0 Å². The van der Waals surface area contributed by atoms with Gasteiger partial charge in [-0.05, 0) is 17.7 Å². The summed E-state index contributed by atoms with van der Waals surface area (Å²) in [5, 5.41) is 9.01. The van der Waals surface area contributed by atoms with Crippen molar-refractivity contribution in [1.82, 2.24) is 9.97 Å². The maximum atomic E-state index is 13.3. The number of benzene rings is 1. The molecule has 1 aliphatic carbocycles. The van der Waals surface area contributed by atoms with Gasteiger partial charge in [-0.2, -0.15) is 0 Å². The van der Waals surface area contributed by atoms with E-state index in [0.29, 0.717) is 11.0 Å². The number of fused-ring (bicyclic) bond motifs is 1. The van der Waals surface area contributed by atoms with Crippen molar-refractivity contribution in [3.63, 3.8) is 0 Å². The topological polar surface area (TPSA) is 66.0 Å². The summed E-state index contributed by atoms with van der Waals surface area (Å²) in [6, 6.07) is 4.37. The predicted octanol–water partition coefficient (Wildman–Crippen LogP) is 1.92. The predicted molar refractivity (Wildman–Crippen MR) is 55.0 cm³/mol. The number of H-pyrrole nitrogens is 1. The Bertz CT molecular complexity index is 623. The fourth-order valence-corrected chi connectivity index (χ4v) is 2.16. The van der Waals surface area contributed by atoms with Gasteiger partial charge in [0.25, 0.3) is 5.92 Å². The molecule has 6 heteroatoms. The van der Waals surface area contributed by atoms with Gasteiger partial charge in [0, 0.05) is 6.42 Å². The van der Waals surface area contributed by atoms with Crippen molar-refractivity contribution in [2.45, 2.75) is 17.8 Å². The molecule has 1 atom stereocenters. The van der Waals surface area contributed by atoms with Gasteiger partial charge in [-0.25, -0.2) is 13.8 Å². The van der Waals surface area contributed by atoms with Crippen LogP contribution in [0.5, 0.6) is 0 Å². The van der Waals surface area contributed by atoms with E-state index in [0.717, 1.165) is 0 Å². The van der Waals surface area contributed by atoms with Crippen LogP contribution >= 0.6 is 0 Å². The van der Waals surface area contributed by atoms with Crippen LogP contribution in [0.4, 0.5) is 8.78 Å². The zero-order valence-electron chi connectivity index (χ0n) is 8.58. The van der Waals surface area contributed by atoms with Gasteiger partial charge in [0.05, 0.1) is 17.4 Å². The molecule has 2 aromatic rings. The van der Waals surface area contributed by atoms with E-state index >= 15 is 0 Å². The lowest BCUT2D eigenvalue weighted by atomic mass is 9.95. The van der Waals surface area contributed by atoms with Crippen LogP contribution in [-0.4, -0.2) is 27.0 Å². The highest BCUT2D eigenvalue weighted by Gasteiger charge is 2.77. The summed E-state index contributed by atoms with van der Waals surface area (Å²) in [5.74, 6) is -4.66. The molecular formula is C11H8F2N2O2. The number of imidazole rings is 1. The Hall–Kier alpha value is -1.98. The van der Waals surface area contributed by atoms with E-state index in [4.69, 9.17) is 5.11 Å². The lowest BCUT2D eigenvalue weighted by molar-refractivity contribution is -0.142. The summed E-state index contributed by atoms with van der Waals surface area (Å²) in [5.41, 5.74) is -0.761. The second-order valence-corrected chi connectivity index (χ2v) is 4.23. The largest absolute Gasteiger partial charge is 0.480 e. The van der Waals surface area contributed by atoms with E-state index in [9.17, 15) is 13.6 Å². The minimum atomic E-state index is -3.17. The highest BCUT2D eigenvalue weighted by atomic mass is 19.3. The number of rotatable bonds is 2. The molecular weight excluding hydrogens is 230 g/mol. The van der Waals surface area contributed by atoms with E-state index in [-0.39, 0.29) is 5.56 Å². The van der Waals surface area contributed by atoms with Gasteiger partial charge in [0.15, 0.2) is 5.41 Å². The SMILES string of the molecule is O=C(O)C1(c2ccc3nc[nH]c3c2)CC1(F)F. The van der Waals surface area contributed by atoms with Crippen molar-refractivity contribution in [3.05, 3.63) is 30.1 Å². The Labute approximate surface area is 94.3 Å². The normalized spacial score (nSPS) is 26.0. The van der Waals surface area contributed by atoms with Crippen molar-refractivity contribution < 1.29 is 18.7 Å². The quantitative estimate of drug-likeness (QED) is 0.840. The van der Waals surface area contributed by atoms with Gasteiger partial charge in [-0.1, -0.05) is 6.07 Å². The molecule has 3 rings (SSSR count). The van der Waals surface area contributed by atoms with Crippen LogP contribution in [0.15, 0.2) is 24.5 Å². The number of alkyl halides is 2. The molecule has 17 heavy (non-hydrogen) atoms. The van der Waals surface area contributed by atoms with Crippen LogP contribution in [-0.2, 0) is 10.2 Å². The third-order valence-corrected chi connectivity index (χ3v) is 3.26. The number of carbonyl (C=O) groups is 1. The van der Waals surface area contributed by atoms with E-state index in [1.165, 1.54) is 18.5 Å². The van der Waals surface area contributed by atoms with Crippen molar-refractivity contribution in [1.29, 1.82) is 0 Å². The van der Waals surface area contributed by atoms with E-state index in [2.05, 4.69) is 9.97 Å². The van der Waals surface area contributed by atoms with Gasteiger partial charge in [-0.15, -0.1) is 0 Å². The van der Waals surface area contributed by atoms with E-state index < -0.39 is 23.7 Å². The van der Waals surface area contributed by atoms with Crippen LogP contribution in [0, 0.1) is 0 Å². The number of aliphatic carboxylic acids is 1. The van der Waals surface area contributed by atoms with Crippen LogP contribution in [0.25, 0.3) is 11.0 Å².